The van der Waals surface area contributed by atoms with Crippen LogP contribution < -0.4 is 17.1 Å². The number of pyridine rings is 1. The molecule has 0 atom stereocenters. The first-order chi connectivity index (χ1) is 14.1. The van der Waals surface area contributed by atoms with Gasteiger partial charge in [0.1, 0.15) is 0 Å². The van der Waals surface area contributed by atoms with Crippen LogP contribution in [-0.2, 0) is 6.54 Å². The number of fused-ring (bicyclic) bond motifs is 1. The first-order valence-electron chi connectivity index (χ1n) is 9.15. The first-order valence-corrected chi connectivity index (χ1v) is 9.52. The van der Waals surface area contributed by atoms with Gasteiger partial charge in [-0.25, -0.2) is 5.84 Å². The zero-order chi connectivity index (χ0) is 20.4. The van der Waals surface area contributed by atoms with Crippen LogP contribution >= 0.6 is 11.6 Å². The number of hydrogen-bond acceptors (Lipinski definition) is 4. The molecule has 0 fully saturated rings. The molecule has 4 rings (SSSR count). The van der Waals surface area contributed by atoms with E-state index in [-0.39, 0.29) is 0 Å². The maximum Gasteiger partial charge on any atom is 0.166 e. The van der Waals surface area contributed by atoms with Crippen LogP contribution in [0.25, 0.3) is 22.2 Å². The van der Waals surface area contributed by atoms with E-state index in [2.05, 4.69) is 39.1 Å². The molecule has 4 aromatic rings. The van der Waals surface area contributed by atoms with Crippen LogP contribution in [0.1, 0.15) is 16.7 Å². The third-order valence-electron chi connectivity index (χ3n) is 5.05. The van der Waals surface area contributed by atoms with Gasteiger partial charge < -0.3 is 15.8 Å². The van der Waals surface area contributed by atoms with Gasteiger partial charge in [-0.3, -0.25) is 4.98 Å². The van der Waals surface area contributed by atoms with Crippen molar-refractivity contribution in [1.82, 2.24) is 15.0 Å². The number of nitrogens with two attached hydrogens (primary N) is 2. The number of nitrogens with one attached hydrogen (secondary N) is 1. The second kappa shape index (κ2) is 7.95. The summed E-state index contributed by atoms with van der Waals surface area (Å²) in [6.07, 6.45) is 3.67. The summed E-state index contributed by atoms with van der Waals surface area (Å²) in [5, 5.41) is 5.51. The topological polar surface area (TPSA) is 94.2 Å². The van der Waals surface area contributed by atoms with Crippen molar-refractivity contribution >= 4 is 28.3 Å². The number of aryl methyl sites for hydroxylation is 1. The van der Waals surface area contributed by atoms with Crippen molar-refractivity contribution in [3.05, 3.63) is 88.7 Å². The number of nitrogens with zero attached hydrogens (tertiary/aromatic N) is 3. The molecule has 7 heteroatoms. The van der Waals surface area contributed by atoms with Crippen LogP contribution in [0.2, 0.25) is 5.02 Å². The Hall–Kier alpha value is -3.35. The van der Waals surface area contributed by atoms with Crippen LogP contribution in [-0.4, -0.2) is 15.4 Å². The molecule has 2 aromatic heterocycles. The summed E-state index contributed by atoms with van der Waals surface area (Å²) >= 11 is 6.27. The maximum atomic E-state index is 6.27. The van der Waals surface area contributed by atoms with Crippen LogP contribution in [0.4, 0.5) is 0 Å². The fraction of sp³-hybridized carbons (Fsp3) is 0.0909. The second-order valence-electron chi connectivity index (χ2n) is 6.78. The van der Waals surface area contributed by atoms with Gasteiger partial charge in [0.05, 0.1) is 5.69 Å². The van der Waals surface area contributed by atoms with Crippen molar-refractivity contribution in [2.75, 3.05) is 0 Å². The highest BCUT2D eigenvalue weighted by atomic mass is 35.5. The maximum absolute atomic E-state index is 6.27. The Bertz CT molecular complexity index is 1180. The minimum Gasteiger partial charge on any atom is -0.336 e. The van der Waals surface area contributed by atoms with Crippen molar-refractivity contribution in [3.8, 4) is 11.3 Å². The lowest BCUT2D eigenvalue weighted by molar-refractivity contribution is 0.841. The molecule has 0 aliphatic rings. The van der Waals surface area contributed by atoms with Gasteiger partial charge >= 0.3 is 0 Å². The van der Waals surface area contributed by atoms with Gasteiger partial charge in [-0.2, -0.15) is 5.10 Å². The third kappa shape index (κ3) is 3.55. The molecule has 6 nitrogen and oxygen atoms in total. The zero-order valence-corrected chi connectivity index (χ0v) is 16.7. The molecule has 0 aliphatic heterocycles. The predicted octanol–water partition coefficient (Wildman–Crippen LogP) is 3.80. The van der Waals surface area contributed by atoms with Crippen molar-refractivity contribution in [3.63, 3.8) is 0 Å². The number of hydrazone groups is 1. The SMILES string of the molecule is Cc1c(-c2cccnc2)n(Cc2ccc(/C(=N/N)NN)cc2)c2ccc(Cl)cc12. The fourth-order valence-corrected chi connectivity index (χ4v) is 3.85. The Kier molecular flexibility index (Phi) is 5.20. The van der Waals surface area contributed by atoms with Gasteiger partial charge in [0.15, 0.2) is 5.84 Å². The molecule has 29 heavy (non-hydrogen) atoms. The van der Waals surface area contributed by atoms with E-state index in [4.69, 9.17) is 23.3 Å². The average Bonchev–Trinajstić information content (AvgIpc) is 3.01. The lowest BCUT2D eigenvalue weighted by Crippen LogP contribution is -2.32. The van der Waals surface area contributed by atoms with E-state index in [9.17, 15) is 0 Å². The van der Waals surface area contributed by atoms with Gasteiger partial charge in [-0.1, -0.05) is 35.9 Å². The predicted molar refractivity (Wildman–Crippen MR) is 119 cm³/mol. The molecule has 0 amide bonds. The van der Waals surface area contributed by atoms with Crippen molar-refractivity contribution in [2.24, 2.45) is 16.8 Å². The van der Waals surface area contributed by atoms with Gasteiger partial charge in [0, 0.05) is 46.0 Å². The van der Waals surface area contributed by atoms with E-state index in [0.29, 0.717) is 12.4 Å². The van der Waals surface area contributed by atoms with Crippen LogP contribution in [0.5, 0.6) is 0 Å². The number of amidine groups is 1. The van der Waals surface area contributed by atoms with E-state index in [1.54, 1.807) is 6.20 Å². The Morgan fingerprint density at radius 3 is 2.62 bits per heavy atom. The summed E-state index contributed by atoms with van der Waals surface area (Å²) in [4.78, 5) is 4.30. The first kappa shape index (κ1) is 19.0. The number of aromatic nitrogens is 2. The highest BCUT2D eigenvalue weighted by Gasteiger charge is 2.16. The number of hydrazine groups is 1. The lowest BCUT2D eigenvalue weighted by atomic mass is 10.1. The van der Waals surface area contributed by atoms with Gasteiger partial charge in [-0.05, 0) is 48.4 Å². The van der Waals surface area contributed by atoms with E-state index in [1.165, 1.54) is 5.56 Å². The molecule has 0 saturated carbocycles. The number of rotatable bonds is 4. The zero-order valence-electron chi connectivity index (χ0n) is 15.9. The molecule has 0 unspecified atom stereocenters. The Balaban J connectivity index is 1.83. The number of hydrogen-bond donors (Lipinski definition) is 3. The summed E-state index contributed by atoms with van der Waals surface area (Å²) in [7, 11) is 0. The molecule has 0 radical (unpaired) electrons. The van der Waals surface area contributed by atoms with Gasteiger partial charge in [0.25, 0.3) is 0 Å². The van der Waals surface area contributed by atoms with E-state index < -0.39 is 0 Å². The molecule has 2 heterocycles. The molecule has 0 bridgehead atoms. The smallest absolute Gasteiger partial charge is 0.166 e. The standard InChI is InChI=1S/C22H21ClN6/c1-14-19-11-18(23)8-9-20(19)29(21(14)17-3-2-10-26-12-17)13-15-4-6-16(7-5-15)22(27-24)28-25/h2-12H,13,24-25H2,1H3,(H,27,28). The Morgan fingerprint density at radius 1 is 1.17 bits per heavy atom. The number of halogens is 1. The monoisotopic (exact) mass is 404 g/mol. The van der Waals surface area contributed by atoms with E-state index in [0.717, 1.165) is 38.3 Å². The Morgan fingerprint density at radius 2 is 1.97 bits per heavy atom. The number of benzene rings is 2. The van der Waals surface area contributed by atoms with Crippen molar-refractivity contribution in [1.29, 1.82) is 0 Å². The fourth-order valence-electron chi connectivity index (χ4n) is 3.68. The minimum absolute atomic E-state index is 0.435. The van der Waals surface area contributed by atoms with Crippen molar-refractivity contribution in [2.45, 2.75) is 13.5 Å². The summed E-state index contributed by atoms with van der Waals surface area (Å²) in [6.45, 7) is 2.82. The molecule has 0 aliphatic carbocycles. The van der Waals surface area contributed by atoms with Gasteiger partial charge in [-0.15, -0.1) is 0 Å². The van der Waals surface area contributed by atoms with Crippen LogP contribution in [0.15, 0.2) is 72.1 Å². The molecule has 146 valence electrons. The van der Waals surface area contributed by atoms with Gasteiger partial charge in [0.2, 0.25) is 0 Å². The quantitative estimate of drug-likeness (QED) is 0.209. The minimum atomic E-state index is 0.435. The molecular weight excluding hydrogens is 384 g/mol. The molecular formula is C22H21ClN6. The van der Waals surface area contributed by atoms with E-state index in [1.807, 2.05) is 48.7 Å². The highest BCUT2D eigenvalue weighted by molar-refractivity contribution is 6.31. The molecule has 0 spiro atoms. The summed E-state index contributed by atoms with van der Waals surface area (Å²) < 4.78 is 2.30. The molecule has 0 saturated heterocycles. The lowest BCUT2D eigenvalue weighted by Gasteiger charge is -2.13. The average molecular weight is 405 g/mol. The normalized spacial score (nSPS) is 11.8. The van der Waals surface area contributed by atoms with E-state index >= 15 is 0 Å². The summed E-state index contributed by atoms with van der Waals surface area (Å²) in [5.74, 6) is 11.3. The largest absolute Gasteiger partial charge is 0.336 e. The molecule has 5 N–H and O–H groups in total. The second-order valence-corrected chi connectivity index (χ2v) is 7.22. The van der Waals surface area contributed by atoms with Crippen LogP contribution in [0, 0.1) is 6.92 Å². The summed E-state index contributed by atoms with van der Waals surface area (Å²) in [5.41, 5.74) is 8.97. The van der Waals surface area contributed by atoms with Crippen molar-refractivity contribution < 1.29 is 0 Å². The third-order valence-corrected chi connectivity index (χ3v) is 5.28. The summed E-state index contributed by atoms with van der Waals surface area (Å²) in [6, 6.07) is 18.0. The van der Waals surface area contributed by atoms with Crippen LogP contribution in [0.3, 0.4) is 0 Å². The Labute approximate surface area is 173 Å². The molecule has 2 aromatic carbocycles. The highest BCUT2D eigenvalue weighted by Crippen LogP contribution is 2.35.